The number of nitrogens with two attached hydrogens (primary N) is 1. The molecule has 2 heterocycles. The summed E-state index contributed by atoms with van der Waals surface area (Å²) in [7, 11) is -1.09. The summed E-state index contributed by atoms with van der Waals surface area (Å²) in [4.78, 5) is 14.8. The van der Waals surface area contributed by atoms with Crippen LogP contribution in [0.2, 0.25) is 0 Å². The van der Waals surface area contributed by atoms with E-state index in [1.54, 1.807) is 0 Å². The Bertz CT molecular complexity index is 779. The Morgan fingerprint density at radius 1 is 1.45 bits per heavy atom. The van der Waals surface area contributed by atoms with Gasteiger partial charge in [-0.3, -0.25) is 13.9 Å². The highest BCUT2D eigenvalue weighted by Gasteiger charge is 2.48. The molecule has 158 valence electrons. The Morgan fingerprint density at radius 2 is 2.17 bits per heavy atom. The molecule has 0 aromatic heterocycles. The molecule has 0 aliphatic carbocycles. The van der Waals surface area contributed by atoms with Gasteiger partial charge in [0.25, 0.3) is 0 Å². The summed E-state index contributed by atoms with van der Waals surface area (Å²) >= 11 is 0. The highest BCUT2D eigenvalue weighted by atomic mass is 32.2. The summed E-state index contributed by atoms with van der Waals surface area (Å²) < 4.78 is 12.4. The standard InChI is InChI=1S/C21H31N5O2S/c1-21(2)16(12-22)11-17(29(21)28)14-26-9-8-24-13-19(26)25-20(27)18(23)10-15-6-4-3-5-7-15/h3-7,16-19,24H,8-11,13-14,23H2,1-2H3,(H,25,27)/t16?,17-,18?,19?,29?/m0/s1. The van der Waals surface area contributed by atoms with Crippen molar-refractivity contribution < 1.29 is 9.00 Å². The van der Waals surface area contributed by atoms with Crippen molar-refractivity contribution in [2.45, 2.75) is 48.9 Å². The molecule has 0 bridgehead atoms. The van der Waals surface area contributed by atoms with Gasteiger partial charge in [0.1, 0.15) is 0 Å². The number of amides is 1. The van der Waals surface area contributed by atoms with E-state index in [9.17, 15) is 14.3 Å². The minimum Gasteiger partial charge on any atom is -0.338 e. The zero-order valence-electron chi connectivity index (χ0n) is 17.1. The van der Waals surface area contributed by atoms with Crippen molar-refractivity contribution in [2.24, 2.45) is 11.7 Å². The van der Waals surface area contributed by atoms with Crippen molar-refractivity contribution >= 4 is 16.7 Å². The minimum atomic E-state index is -1.09. The van der Waals surface area contributed by atoms with Crippen LogP contribution in [0, 0.1) is 17.2 Å². The lowest BCUT2D eigenvalue weighted by atomic mass is 9.92. The molecule has 5 atom stereocenters. The Hall–Kier alpha value is -1.79. The van der Waals surface area contributed by atoms with Crippen LogP contribution in [0.5, 0.6) is 0 Å². The fourth-order valence-corrected chi connectivity index (χ4v) is 6.14. The molecular formula is C21H31N5O2S. The topological polar surface area (TPSA) is 111 Å². The highest BCUT2D eigenvalue weighted by molar-refractivity contribution is 7.87. The molecule has 1 amide bonds. The molecular weight excluding hydrogens is 386 g/mol. The van der Waals surface area contributed by atoms with E-state index in [0.717, 1.165) is 18.7 Å². The maximum Gasteiger partial charge on any atom is 0.238 e. The van der Waals surface area contributed by atoms with Crippen molar-refractivity contribution in [2.75, 3.05) is 26.2 Å². The van der Waals surface area contributed by atoms with Gasteiger partial charge < -0.3 is 16.4 Å². The first-order valence-corrected chi connectivity index (χ1v) is 11.4. The molecule has 2 aliphatic heterocycles. The van der Waals surface area contributed by atoms with Gasteiger partial charge in [0.05, 0.1) is 28.9 Å². The molecule has 0 spiro atoms. The molecule has 0 radical (unpaired) electrons. The van der Waals surface area contributed by atoms with Gasteiger partial charge in [-0.05, 0) is 32.3 Å². The summed E-state index contributed by atoms with van der Waals surface area (Å²) in [6.45, 7) is 6.62. The zero-order valence-corrected chi connectivity index (χ0v) is 18.0. The van der Waals surface area contributed by atoms with Crippen LogP contribution in [0.15, 0.2) is 30.3 Å². The van der Waals surface area contributed by atoms with E-state index in [1.165, 1.54) is 0 Å². The maximum absolute atomic E-state index is 12.9. The third kappa shape index (κ3) is 5.04. The van der Waals surface area contributed by atoms with Crippen LogP contribution >= 0.6 is 0 Å². The highest BCUT2D eigenvalue weighted by Crippen LogP contribution is 2.38. The SMILES string of the molecule is CC1(C)C(C#N)C[C@@H](CN2CCNCC2NC(=O)C(N)Cc2ccccc2)S1=O. The number of nitrogens with zero attached hydrogens (tertiary/aromatic N) is 2. The van der Waals surface area contributed by atoms with Gasteiger partial charge in [-0.2, -0.15) is 5.26 Å². The van der Waals surface area contributed by atoms with E-state index in [-0.39, 0.29) is 23.2 Å². The lowest BCUT2D eigenvalue weighted by molar-refractivity contribution is -0.124. The quantitative estimate of drug-likeness (QED) is 0.616. The first-order chi connectivity index (χ1) is 13.8. The van der Waals surface area contributed by atoms with Crippen LogP contribution in [0.1, 0.15) is 25.8 Å². The van der Waals surface area contributed by atoms with Gasteiger partial charge in [0.2, 0.25) is 5.91 Å². The van der Waals surface area contributed by atoms with E-state index in [2.05, 4.69) is 21.6 Å². The normalized spacial score (nSPS) is 30.4. The lowest BCUT2D eigenvalue weighted by Crippen LogP contribution is -2.62. The number of piperazine rings is 1. The van der Waals surface area contributed by atoms with Gasteiger partial charge in [-0.1, -0.05) is 30.3 Å². The van der Waals surface area contributed by atoms with Crippen molar-refractivity contribution in [3.63, 3.8) is 0 Å². The molecule has 7 nitrogen and oxygen atoms in total. The summed E-state index contributed by atoms with van der Waals surface area (Å²) in [5, 5.41) is 15.7. The molecule has 1 aromatic rings. The number of hydrogen-bond acceptors (Lipinski definition) is 6. The predicted molar refractivity (Wildman–Crippen MR) is 114 cm³/mol. The molecule has 4 unspecified atom stereocenters. The average molecular weight is 418 g/mol. The van der Waals surface area contributed by atoms with Crippen molar-refractivity contribution in [1.82, 2.24) is 15.5 Å². The van der Waals surface area contributed by atoms with E-state index in [0.29, 0.717) is 25.9 Å². The number of carbonyl (C=O) groups is 1. The molecule has 4 N–H and O–H groups in total. The molecule has 8 heteroatoms. The molecule has 2 saturated heterocycles. The van der Waals surface area contributed by atoms with Crippen LogP contribution in [0.4, 0.5) is 0 Å². The minimum absolute atomic E-state index is 0.0647. The summed E-state index contributed by atoms with van der Waals surface area (Å²) in [6.07, 6.45) is 0.922. The summed E-state index contributed by atoms with van der Waals surface area (Å²) in [5.41, 5.74) is 7.16. The number of carbonyl (C=O) groups excluding carboxylic acids is 1. The molecule has 2 aliphatic rings. The first kappa shape index (κ1) is 21.9. The number of nitriles is 1. The third-order valence-electron chi connectivity index (χ3n) is 6.05. The monoisotopic (exact) mass is 417 g/mol. The Morgan fingerprint density at radius 3 is 2.83 bits per heavy atom. The van der Waals surface area contributed by atoms with Crippen molar-refractivity contribution in [3.05, 3.63) is 35.9 Å². The van der Waals surface area contributed by atoms with Crippen LogP contribution in [0.3, 0.4) is 0 Å². The van der Waals surface area contributed by atoms with Gasteiger partial charge >= 0.3 is 0 Å². The van der Waals surface area contributed by atoms with Crippen molar-refractivity contribution in [3.8, 4) is 6.07 Å². The smallest absolute Gasteiger partial charge is 0.238 e. The maximum atomic E-state index is 12.9. The number of nitrogens with one attached hydrogen (secondary N) is 2. The largest absolute Gasteiger partial charge is 0.338 e. The van der Waals surface area contributed by atoms with E-state index >= 15 is 0 Å². The third-order valence-corrected chi connectivity index (χ3v) is 8.32. The fourth-order valence-electron chi connectivity index (χ4n) is 4.16. The lowest BCUT2D eigenvalue weighted by Gasteiger charge is -2.38. The van der Waals surface area contributed by atoms with Gasteiger partial charge in [0.15, 0.2) is 0 Å². The molecule has 0 saturated carbocycles. The van der Waals surface area contributed by atoms with Crippen LogP contribution in [-0.2, 0) is 22.0 Å². The van der Waals surface area contributed by atoms with E-state index in [1.807, 2.05) is 44.2 Å². The van der Waals surface area contributed by atoms with Crippen molar-refractivity contribution in [1.29, 1.82) is 5.26 Å². The molecule has 1 aromatic carbocycles. The number of benzene rings is 1. The fraction of sp³-hybridized carbons (Fsp3) is 0.619. The zero-order chi connectivity index (χ0) is 21.0. The average Bonchev–Trinajstić information content (AvgIpc) is 2.93. The Balaban J connectivity index is 1.60. The molecule has 2 fully saturated rings. The Labute approximate surface area is 175 Å². The first-order valence-electron chi connectivity index (χ1n) is 10.2. The second-order valence-corrected chi connectivity index (χ2v) is 10.8. The van der Waals surface area contributed by atoms with Gasteiger partial charge in [-0.15, -0.1) is 0 Å². The second kappa shape index (κ2) is 9.35. The van der Waals surface area contributed by atoms with Crippen LogP contribution in [0.25, 0.3) is 0 Å². The number of rotatable bonds is 6. The Kier molecular flexibility index (Phi) is 7.06. The molecule has 29 heavy (non-hydrogen) atoms. The van der Waals surface area contributed by atoms with E-state index in [4.69, 9.17) is 5.73 Å². The predicted octanol–water partition coefficient (Wildman–Crippen LogP) is 0.343. The van der Waals surface area contributed by atoms with Gasteiger partial charge in [-0.25, -0.2) is 0 Å². The molecule has 3 rings (SSSR count). The number of hydrogen-bond donors (Lipinski definition) is 3. The summed E-state index contributed by atoms with van der Waals surface area (Å²) in [6, 6.07) is 11.4. The van der Waals surface area contributed by atoms with Crippen LogP contribution in [-0.4, -0.2) is 63.4 Å². The van der Waals surface area contributed by atoms with E-state index < -0.39 is 21.6 Å². The van der Waals surface area contributed by atoms with Crippen LogP contribution < -0.4 is 16.4 Å². The van der Waals surface area contributed by atoms with Gasteiger partial charge in [0, 0.05) is 42.2 Å². The second-order valence-electron chi connectivity index (χ2n) is 8.46. The summed E-state index contributed by atoms with van der Waals surface area (Å²) in [5.74, 6) is -0.390.